The maximum Gasteiger partial charge on any atom is 0.534 e. The van der Waals surface area contributed by atoms with Crippen LogP contribution in [-0.2, 0) is 19.8 Å². The van der Waals surface area contributed by atoms with Crippen molar-refractivity contribution >= 4 is 26.9 Å². The predicted octanol–water partition coefficient (Wildman–Crippen LogP) is 2.93. The zero-order chi connectivity index (χ0) is 17.3. The van der Waals surface area contributed by atoms with Gasteiger partial charge in [0.25, 0.3) is 0 Å². The molecule has 0 N–H and O–H groups in total. The minimum absolute atomic E-state index is 0.100. The van der Waals surface area contributed by atoms with Gasteiger partial charge in [-0.25, -0.2) is 4.79 Å². The van der Waals surface area contributed by atoms with Crippen LogP contribution in [0.4, 0.5) is 13.2 Å². The fourth-order valence-corrected chi connectivity index (χ4v) is 2.04. The first kappa shape index (κ1) is 16.9. The monoisotopic (exact) mass is 350 g/mol. The Labute approximate surface area is 128 Å². The fourth-order valence-electron chi connectivity index (χ4n) is 1.59. The zero-order valence-electron chi connectivity index (χ0n) is 11.5. The molecule has 0 amide bonds. The van der Waals surface area contributed by atoms with Gasteiger partial charge in [0, 0.05) is 6.92 Å². The van der Waals surface area contributed by atoms with Crippen LogP contribution in [0.15, 0.2) is 36.4 Å². The first-order valence-electron chi connectivity index (χ1n) is 5.98. The number of carbonyl (C=O) groups excluding carboxylic acids is 1. The molecule has 0 aliphatic carbocycles. The second-order valence-electron chi connectivity index (χ2n) is 4.31. The van der Waals surface area contributed by atoms with E-state index in [1.54, 1.807) is 0 Å². The van der Waals surface area contributed by atoms with Gasteiger partial charge in [-0.3, -0.25) is 9.78 Å². The van der Waals surface area contributed by atoms with Gasteiger partial charge in [0.05, 0.1) is 0 Å². The van der Waals surface area contributed by atoms with E-state index < -0.39 is 27.3 Å². The highest BCUT2D eigenvalue weighted by Crippen LogP contribution is 2.30. The molecule has 2 aromatic carbocycles. The van der Waals surface area contributed by atoms with Crippen molar-refractivity contribution in [1.29, 1.82) is 0 Å². The van der Waals surface area contributed by atoms with E-state index in [4.69, 9.17) is 0 Å². The molecule has 6 nitrogen and oxygen atoms in total. The largest absolute Gasteiger partial charge is 0.534 e. The first-order valence-corrected chi connectivity index (χ1v) is 7.39. The van der Waals surface area contributed by atoms with E-state index in [0.717, 1.165) is 19.1 Å². The van der Waals surface area contributed by atoms with Crippen LogP contribution in [0.1, 0.15) is 6.92 Å². The number of alkyl halides is 3. The molecule has 2 rings (SSSR count). The van der Waals surface area contributed by atoms with Gasteiger partial charge in [-0.15, -0.1) is 0 Å². The Morgan fingerprint density at radius 3 is 2.13 bits per heavy atom. The average molecular weight is 350 g/mol. The van der Waals surface area contributed by atoms with Crippen molar-refractivity contribution in [3.8, 4) is 11.5 Å². The van der Waals surface area contributed by atoms with Gasteiger partial charge in [-0.2, -0.15) is 21.6 Å². The smallest absolute Gasteiger partial charge is 0.376 e. The molecule has 0 saturated carbocycles. The third-order valence-corrected chi connectivity index (χ3v) is 3.51. The summed E-state index contributed by atoms with van der Waals surface area (Å²) in [7, 11) is -5.75. The normalized spacial score (nSPS) is 12.0. The second-order valence-corrected chi connectivity index (χ2v) is 5.85. The van der Waals surface area contributed by atoms with Crippen molar-refractivity contribution in [3.63, 3.8) is 0 Å². The van der Waals surface area contributed by atoms with Crippen LogP contribution in [0, 0.1) is 0 Å². The molecule has 0 heterocycles. The van der Waals surface area contributed by atoms with Crippen LogP contribution >= 0.6 is 0 Å². The topological polar surface area (TPSA) is 78.9 Å². The first-order chi connectivity index (χ1) is 10.6. The summed E-state index contributed by atoms with van der Waals surface area (Å²) < 4.78 is 62.9. The van der Waals surface area contributed by atoms with Crippen molar-refractivity contribution in [2.75, 3.05) is 0 Å². The van der Waals surface area contributed by atoms with Crippen molar-refractivity contribution in [1.82, 2.24) is 0 Å². The molecule has 0 aromatic heterocycles. The number of benzene rings is 2. The average Bonchev–Trinajstić information content (AvgIpc) is 2.43. The van der Waals surface area contributed by atoms with E-state index in [0.29, 0.717) is 10.8 Å². The maximum absolute atomic E-state index is 12.3. The molecule has 124 valence electrons. The SMILES string of the molecule is CC(=O)OOc1ccc2ccc(OS(=O)(=O)C(F)(F)F)cc2c1. The summed E-state index contributed by atoms with van der Waals surface area (Å²) in [5.41, 5.74) is -5.53. The lowest BCUT2D eigenvalue weighted by Crippen LogP contribution is -2.28. The van der Waals surface area contributed by atoms with Crippen LogP contribution in [-0.4, -0.2) is 19.9 Å². The van der Waals surface area contributed by atoms with Gasteiger partial charge in [0.1, 0.15) is 5.75 Å². The van der Waals surface area contributed by atoms with Crippen LogP contribution in [0.3, 0.4) is 0 Å². The standard InChI is InChI=1S/C13H9F3O6S/c1-8(17)20-21-11-4-2-9-3-5-12(7-10(9)6-11)22-23(18,19)13(14,15)16/h2-7H,1H3. The summed E-state index contributed by atoms with van der Waals surface area (Å²) in [6.07, 6.45) is 0. The van der Waals surface area contributed by atoms with Crippen molar-refractivity contribution < 1.29 is 40.3 Å². The molecule has 0 bridgehead atoms. The molecule has 10 heteroatoms. The molecule has 23 heavy (non-hydrogen) atoms. The van der Waals surface area contributed by atoms with Gasteiger partial charge < -0.3 is 4.18 Å². The van der Waals surface area contributed by atoms with Crippen molar-refractivity contribution in [2.45, 2.75) is 12.4 Å². The Hall–Kier alpha value is -2.49. The number of carbonyl (C=O) groups is 1. The highest BCUT2D eigenvalue weighted by Gasteiger charge is 2.48. The van der Waals surface area contributed by atoms with E-state index in [1.807, 2.05) is 0 Å². The van der Waals surface area contributed by atoms with E-state index in [-0.39, 0.29) is 5.75 Å². The third kappa shape index (κ3) is 4.03. The lowest BCUT2D eigenvalue weighted by Gasteiger charge is -2.10. The zero-order valence-corrected chi connectivity index (χ0v) is 12.3. The minimum atomic E-state index is -5.75. The molecule has 2 aromatic rings. The Morgan fingerprint density at radius 2 is 1.57 bits per heavy atom. The minimum Gasteiger partial charge on any atom is -0.376 e. The number of rotatable bonds is 4. The number of halogens is 3. The number of hydrogen-bond donors (Lipinski definition) is 0. The van der Waals surface area contributed by atoms with Gasteiger partial charge in [0.15, 0.2) is 5.75 Å². The summed E-state index contributed by atoms with van der Waals surface area (Å²) in [6, 6.07) is 7.86. The quantitative estimate of drug-likeness (QED) is 0.365. The molecule has 0 fully saturated rings. The predicted molar refractivity (Wildman–Crippen MR) is 71.9 cm³/mol. The lowest BCUT2D eigenvalue weighted by molar-refractivity contribution is -0.210. The van der Waals surface area contributed by atoms with E-state index in [1.165, 1.54) is 24.3 Å². The van der Waals surface area contributed by atoms with Crippen LogP contribution < -0.4 is 9.07 Å². The fraction of sp³-hybridized carbons (Fsp3) is 0.154. The Kier molecular flexibility index (Phi) is 4.37. The summed E-state index contributed by atoms with van der Waals surface area (Å²) in [5, 5.41) is 0.904. The van der Waals surface area contributed by atoms with E-state index >= 15 is 0 Å². The molecule has 0 aliphatic heterocycles. The molecule has 0 unspecified atom stereocenters. The number of fused-ring (bicyclic) bond motifs is 1. The van der Waals surface area contributed by atoms with Crippen molar-refractivity contribution in [3.05, 3.63) is 36.4 Å². The van der Waals surface area contributed by atoms with Crippen LogP contribution in [0.2, 0.25) is 0 Å². The van der Waals surface area contributed by atoms with Gasteiger partial charge in [-0.1, -0.05) is 12.1 Å². The van der Waals surface area contributed by atoms with Crippen LogP contribution in [0.5, 0.6) is 11.5 Å². The molecular weight excluding hydrogens is 341 g/mol. The van der Waals surface area contributed by atoms with Crippen LogP contribution in [0.25, 0.3) is 10.8 Å². The Bertz CT molecular complexity index is 844. The summed E-state index contributed by atoms with van der Waals surface area (Å²) >= 11 is 0. The van der Waals surface area contributed by atoms with Crippen molar-refractivity contribution in [2.24, 2.45) is 0 Å². The summed E-state index contributed by atoms with van der Waals surface area (Å²) in [5.74, 6) is -1.11. The van der Waals surface area contributed by atoms with E-state index in [9.17, 15) is 26.4 Å². The van der Waals surface area contributed by atoms with Gasteiger partial charge in [-0.05, 0) is 35.0 Å². The molecule has 0 atom stereocenters. The number of hydrogen-bond acceptors (Lipinski definition) is 6. The lowest BCUT2D eigenvalue weighted by atomic mass is 10.1. The Balaban J connectivity index is 2.32. The maximum atomic E-state index is 12.3. The van der Waals surface area contributed by atoms with E-state index in [2.05, 4.69) is 14.0 Å². The molecule has 0 aliphatic rings. The summed E-state index contributed by atoms with van der Waals surface area (Å²) in [4.78, 5) is 19.6. The molecule has 0 spiro atoms. The highest BCUT2D eigenvalue weighted by atomic mass is 32.2. The Morgan fingerprint density at radius 1 is 1.00 bits per heavy atom. The highest BCUT2D eigenvalue weighted by molar-refractivity contribution is 7.88. The molecule has 0 radical (unpaired) electrons. The molecular formula is C13H9F3O6S. The van der Waals surface area contributed by atoms with Gasteiger partial charge >= 0.3 is 21.6 Å². The summed E-state index contributed by atoms with van der Waals surface area (Å²) in [6.45, 7) is 1.12. The molecule has 0 saturated heterocycles. The third-order valence-electron chi connectivity index (χ3n) is 2.53. The van der Waals surface area contributed by atoms with Gasteiger partial charge in [0.2, 0.25) is 0 Å². The second kappa shape index (κ2) is 5.95.